The summed E-state index contributed by atoms with van der Waals surface area (Å²) in [5.74, 6) is 0. The van der Waals surface area contributed by atoms with E-state index in [0.29, 0.717) is 19.6 Å². The van der Waals surface area contributed by atoms with Crippen LogP contribution in [0.15, 0.2) is 14.1 Å². The Kier molecular flexibility index (Phi) is 4.75. The molecule has 1 fully saturated rings. The molecule has 1 aliphatic rings. The number of hydrogen-bond acceptors (Lipinski definition) is 3. The van der Waals surface area contributed by atoms with Crippen molar-refractivity contribution < 1.29 is 8.42 Å². The highest BCUT2D eigenvalue weighted by Gasteiger charge is 2.38. The molecule has 0 aliphatic heterocycles. The number of rotatable bonds is 6. The van der Waals surface area contributed by atoms with Crippen LogP contribution in [-0.2, 0) is 10.0 Å². The van der Waals surface area contributed by atoms with E-state index in [1.54, 1.807) is 4.31 Å². The molecule has 1 heterocycles. The lowest BCUT2D eigenvalue weighted by atomic mass is 10.3. The van der Waals surface area contributed by atoms with Crippen molar-refractivity contribution >= 4 is 48.9 Å². The lowest BCUT2D eigenvalue weighted by molar-refractivity contribution is 0.397. The number of sulfonamides is 1. The summed E-state index contributed by atoms with van der Waals surface area (Å²) in [5.41, 5.74) is 0. The molecule has 2 rings (SSSR count). The molecule has 7 heteroatoms. The van der Waals surface area contributed by atoms with Crippen LogP contribution in [0.4, 0.5) is 0 Å². The van der Waals surface area contributed by atoms with E-state index in [2.05, 4.69) is 22.9 Å². The number of halogens is 2. The predicted octanol–water partition coefficient (Wildman–Crippen LogP) is 4.12. The van der Waals surface area contributed by atoms with E-state index in [9.17, 15) is 8.42 Å². The van der Waals surface area contributed by atoms with E-state index in [-0.39, 0.29) is 6.04 Å². The summed E-state index contributed by atoms with van der Waals surface area (Å²) >= 11 is 10.4. The number of nitrogens with zero attached hydrogens (tertiary/aromatic N) is 1. The van der Waals surface area contributed by atoms with Crippen LogP contribution in [0.1, 0.15) is 32.6 Å². The van der Waals surface area contributed by atoms with Crippen molar-refractivity contribution in [1.29, 1.82) is 0 Å². The fourth-order valence-corrected chi connectivity index (χ4v) is 6.00. The molecule has 0 atom stereocenters. The van der Waals surface area contributed by atoms with E-state index < -0.39 is 10.0 Å². The molecule has 0 saturated heterocycles. The van der Waals surface area contributed by atoms with Gasteiger partial charge in [0.05, 0.1) is 8.81 Å². The van der Waals surface area contributed by atoms with Gasteiger partial charge in [-0.3, -0.25) is 0 Å². The number of unbranched alkanes of at least 4 members (excludes halogenated alkanes) is 1. The van der Waals surface area contributed by atoms with Gasteiger partial charge in [0.2, 0.25) is 0 Å². The average Bonchev–Trinajstić information content (AvgIpc) is 3.07. The Hall–Kier alpha value is 0.380. The average molecular weight is 373 g/mol. The molecule has 0 aromatic carbocycles. The molecule has 0 unspecified atom stereocenters. The van der Waals surface area contributed by atoms with Crippen molar-refractivity contribution in [1.82, 2.24) is 4.31 Å². The highest BCUT2D eigenvalue weighted by atomic mass is 79.9. The summed E-state index contributed by atoms with van der Waals surface area (Å²) in [6.07, 6.45) is 3.84. The first-order valence-electron chi connectivity index (χ1n) is 5.93. The van der Waals surface area contributed by atoms with E-state index in [4.69, 9.17) is 11.6 Å². The first-order chi connectivity index (χ1) is 8.46. The van der Waals surface area contributed by atoms with Crippen LogP contribution in [0.2, 0.25) is 5.02 Å². The van der Waals surface area contributed by atoms with Crippen molar-refractivity contribution in [3.05, 3.63) is 14.9 Å². The van der Waals surface area contributed by atoms with E-state index in [1.807, 2.05) is 0 Å². The second-order valence-electron chi connectivity index (χ2n) is 4.39. The molecular formula is C11H15BrClNO2S2. The Morgan fingerprint density at radius 1 is 1.56 bits per heavy atom. The SMILES string of the molecule is CCCCN(C1CC1)S(=O)(=O)c1cc(Cl)c(Br)s1. The Morgan fingerprint density at radius 3 is 2.67 bits per heavy atom. The standard InChI is InChI=1S/C11H15BrClNO2S2/c1-2-3-6-14(8-4-5-8)18(15,16)10-7-9(13)11(12)17-10/h7-8H,2-6H2,1H3. The smallest absolute Gasteiger partial charge is 0.206 e. The maximum Gasteiger partial charge on any atom is 0.252 e. The first-order valence-corrected chi connectivity index (χ1v) is 9.36. The van der Waals surface area contributed by atoms with Gasteiger partial charge >= 0.3 is 0 Å². The molecule has 102 valence electrons. The lowest BCUT2D eigenvalue weighted by Gasteiger charge is -2.20. The third-order valence-corrected chi connectivity index (χ3v) is 7.75. The van der Waals surface area contributed by atoms with Crippen molar-refractivity contribution in [2.45, 2.75) is 42.9 Å². The highest BCUT2D eigenvalue weighted by molar-refractivity contribution is 9.11. The van der Waals surface area contributed by atoms with Gasteiger partial charge in [-0.05, 0) is 41.3 Å². The monoisotopic (exact) mass is 371 g/mol. The molecule has 0 radical (unpaired) electrons. The number of hydrogen-bond donors (Lipinski definition) is 0. The van der Waals surface area contributed by atoms with Gasteiger partial charge in [0.25, 0.3) is 10.0 Å². The van der Waals surface area contributed by atoms with Crippen LogP contribution < -0.4 is 0 Å². The molecule has 3 nitrogen and oxygen atoms in total. The molecule has 1 aliphatic carbocycles. The maximum atomic E-state index is 12.5. The third kappa shape index (κ3) is 3.10. The third-order valence-electron chi connectivity index (χ3n) is 2.87. The zero-order valence-electron chi connectivity index (χ0n) is 10.0. The second kappa shape index (κ2) is 5.79. The van der Waals surface area contributed by atoms with Gasteiger partial charge in [0, 0.05) is 12.6 Å². The topological polar surface area (TPSA) is 37.4 Å². The summed E-state index contributed by atoms with van der Waals surface area (Å²) in [6, 6.07) is 1.73. The highest BCUT2D eigenvalue weighted by Crippen LogP contribution is 2.39. The predicted molar refractivity (Wildman–Crippen MR) is 78.9 cm³/mol. The van der Waals surface area contributed by atoms with Gasteiger partial charge in [-0.2, -0.15) is 4.31 Å². The Bertz CT molecular complexity index is 506. The van der Waals surface area contributed by atoms with Crippen molar-refractivity contribution in [3.8, 4) is 0 Å². The summed E-state index contributed by atoms with van der Waals surface area (Å²) in [4.78, 5) is 0. The largest absolute Gasteiger partial charge is 0.252 e. The number of thiophene rings is 1. The molecule has 0 N–H and O–H groups in total. The zero-order chi connectivity index (χ0) is 13.3. The molecule has 1 aromatic heterocycles. The summed E-state index contributed by atoms with van der Waals surface area (Å²) in [7, 11) is -3.37. The summed E-state index contributed by atoms with van der Waals surface area (Å²) in [5, 5.41) is 0.463. The van der Waals surface area contributed by atoms with Crippen LogP contribution >= 0.6 is 38.9 Å². The maximum absolute atomic E-state index is 12.5. The molecule has 18 heavy (non-hydrogen) atoms. The van der Waals surface area contributed by atoms with Gasteiger partial charge in [0.15, 0.2) is 0 Å². The van der Waals surface area contributed by atoms with Crippen molar-refractivity contribution in [3.63, 3.8) is 0 Å². The minimum absolute atomic E-state index is 0.196. The summed E-state index contributed by atoms with van der Waals surface area (Å²) < 4.78 is 27.7. The van der Waals surface area contributed by atoms with Gasteiger partial charge < -0.3 is 0 Å². The van der Waals surface area contributed by atoms with Crippen molar-refractivity contribution in [2.24, 2.45) is 0 Å². The quantitative estimate of drug-likeness (QED) is 0.753. The van der Waals surface area contributed by atoms with Gasteiger partial charge in [-0.25, -0.2) is 8.42 Å². The van der Waals surface area contributed by atoms with Crippen LogP contribution in [0.25, 0.3) is 0 Å². The summed E-state index contributed by atoms with van der Waals surface area (Å²) in [6.45, 7) is 2.67. The van der Waals surface area contributed by atoms with Crippen LogP contribution in [-0.4, -0.2) is 25.3 Å². The minimum atomic E-state index is -3.37. The normalized spacial score (nSPS) is 16.4. The fourth-order valence-electron chi connectivity index (χ4n) is 1.74. The van der Waals surface area contributed by atoms with E-state index >= 15 is 0 Å². The zero-order valence-corrected chi connectivity index (χ0v) is 14.0. The van der Waals surface area contributed by atoms with E-state index in [0.717, 1.165) is 25.7 Å². The van der Waals surface area contributed by atoms with Gasteiger partial charge in [-0.15, -0.1) is 11.3 Å². The molecule has 0 spiro atoms. The van der Waals surface area contributed by atoms with Crippen LogP contribution in [0.5, 0.6) is 0 Å². The van der Waals surface area contributed by atoms with Gasteiger partial charge in [0.1, 0.15) is 4.21 Å². The lowest BCUT2D eigenvalue weighted by Crippen LogP contribution is -2.33. The molecular weight excluding hydrogens is 358 g/mol. The minimum Gasteiger partial charge on any atom is -0.206 e. The van der Waals surface area contributed by atoms with Crippen LogP contribution in [0.3, 0.4) is 0 Å². The Morgan fingerprint density at radius 2 is 2.22 bits per heavy atom. The van der Waals surface area contributed by atoms with Crippen LogP contribution in [0, 0.1) is 0 Å². The Labute approximate surface area is 125 Å². The molecule has 0 bridgehead atoms. The van der Waals surface area contributed by atoms with Crippen molar-refractivity contribution in [2.75, 3.05) is 6.54 Å². The molecule has 1 aromatic rings. The van der Waals surface area contributed by atoms with Gasteiger partial charge in [-0.1, -0.05) is 24.9 Å². The Balaban J connectivity index is 2.26. The second-order valence-corrected chi connectivity index (χ2v) is 9.28. The van der Waals surface area contributed by atoms with E-state index in [1.165, 1.54) is 17.4 Å². The molecule has 0 amide bonds. The fraction of sp³-hybridized carbons (Fsp3) is 0.636. The molecule has 1 saturated carbocycles. The first kappa shape index (κ1) is 14.8.